The molecule has 1 aliphatic carbocycles. The van der Waals surface area contributed by atoms with E-state index >= 15 is 0 Å². The summed E-state index contributed by atoms with van der Waals surface area (Å²) in [4.78, 5) is 41.1. The van der Waals surface area contributed by atoms with Crippen LogP contribution in [0, 0.1) is 0 Å². The number of hydrogen-bond acceptors (Lipinski definition) is 5. The zero-order chi connectivity index (χ0) is 26.4. The molecule has 2 aliphatic heterocycles. The van der Waals surface area contributed by atoms with Crippen molar-refractivity contribution in [1.82, 2.24) is 10.2 Å². The number of ketones is 2. The van der Waals surface area contributed by atoms with Gasteiger partial charge in [0.05, 0.1) is 28.1 Å². The second-order valence-electron chi connectivity index (χ2n) is 9.08. The first kappa shape index (κ1) is 22.2. The molecule has 1 atom stereocenters. The van der Waals surface area contributed by atoms with Crippen molar-refractivity contribution in [1.29, 1.82) is 0 Å². The fourth-order valence-electron chi connectivity index (χ4n) is 5.64. The summed E-state index contributed by atoms with van der Waals surface area (Å²) in [5.41, 5.74) is -2.97. The number of hydrogen-bond donors (Lipinski definition) is 2. The predicted molar refractivity (Wildman–Crippen MR) is 128 cm³/mol. The van der Waals surface area contributed by atoms with Gasteiger partial charge in [-0.1, -0.05) is 66.7 Å². The maximum atomic E-state index is 14.1. The molecule has 4 aromatic rings. The summed E-state index contributed by atoms with van der Waals surface area (Å²) in [7, 11) is 0. The van der Waals surface area contributed by atoms with Gasteiger partial charge in [-0.2, -0.15) is 13.2 Å². The molecule has 1 unspecified atom stereocenters. The van der Waals surface area contributed by atoms with Crippen molar-refractivity contribution in [2.45, 2.75) is 11.6 Å². The number of halogens is 3. The maximum absolute atomic E-state index is 14.1. The van der Waals surface area contributed by atoms with Crippen molar-refractivity contribution in [3.05, 3.63) is 106 Å². The van der Waals surface area contributed by atoms with Gasteiger partial charge >= 0.3 is 6.18 Å². The zero-order valence-electron chi connectivity index (χ0n) is 19.1. The van der Waals surface area contributed by atoms with E-state index in [1.165, 1.54) is 18.2 Å². The topological polar surface area (TPSA) is 101 Å². The second kappa shape index (κ2) is 7.28. The van der Waals surface area contributed by atoms with E-state index in [1.54, 1.807) is 48.5 Å². The number of H-pyrrole nitrogens is 1. The Morgan fingerprint density at radius 3 is 2.26 bits per heavy atom. The van der Waals surface area contributed by atoms with Gasteiger partial charge in [0.25, 0.3) is 0 Å². The van der Waals surface area contributed by atoms with Crippen LogP contribution in [-0.2, 0) is 21.2 Å². The van der Waals surface area contributed by atoms with Crippen LogP contribution in [-0.4, -0.2) is 27.7 Å². The van der Waals surface area contributed by atoms with E-state index in [-0.39, 0.29) is 45.2 Å². The molecule has 7 nitrogen and oxygen atoms in total. The molecule has 1 aromatic heterocycles. The van der Waals surface area contributed by atoms with Crippen molar-refractivity contribution in [3.63, 3.8) is 0 Å². The molecule has 7 rings (SSSR count). The molecule has 0 saturated carbocycles. The van der Waals surface area contributed by atoms with E-state index in [0.717, 1.165) is 6.07 Å². The number of alkyl halides is 3. The van der Waals surface area contributed by atoms with Gasteiger partial charge in [0, 0.05) is 22.3 Å². The van der Waals surface area contributed by atoms with E-state index in [0.29, 0.717) is 5.56 Å². The lowest BCUT2D eigenvalue weighted by Crippen LogP contribution is -2.47. The Hall–Kier alpha value is -4.99. The quantitative estimate of drug-likeness (QED) is 0.353. The summed E-state index contributed by atoms with van der Waals surface area (Å²) in [5, 5.41) is 9.48. The van der Waals surface area contributed by atoms with Crippen molar-refractivity contribution < 1.29 is 32.3 Å². The van der Waals surface area contributed by atoms with Crippen molar-refractivity contribution in [2.75, 3.05) is 5.32 Å². The van der Waals surface area contributed by atoms with E-state index in [1.807, 2.05) is 0 Å². The molecule has 10 heteroatoms. The van der Waals surface area contributed by atoms with Gasteiger partial charge in [0.2, 0.25) is 23.4 Å². The first-order valence-corrected chi connectivity index (χ1v) is 11.5. The number of fused-ring (bicyclic) bond motifs is 7. The van der Waals surface area contributed by atoms with Crippen molar-refractivity contribution in [2.24, 2.45) is 0 Å². The number of Topliss-reactive ketones (excluding diaryl/α,β-unsaturated/α-hetero) is 2. The average Bonchev–Trinajstić information content (AvgIpc) is 3.46. The van der Waals surface area contributed by atoms with Crippen LogP contribution in [0.2, 0.25) is 0 Å². The van der Waals surface area contributed by atoms with Gasteiger partial charge in [-0.15, -0.1) is 5.10 Å². The molecule has 3 heterocycles. The molecule has 1 spiro atoms. The second-order valence-corrected chi connectivity index (χ2v) is 9.08. The number of ether oxygens (including phenoxy) is 1. The Morgan fingerprint density at radius 2 is 1.53 bits per heavy atom. The smallest absolute Gasteiger partial charge is 0.418 e. The summed E-state index contributed by atoms with van der Waals surface area (Å²) in [6.45, 7) is 0. The highest BCUT2D eigenvalue weighted by molar-refractivity contribution is 6.54. The highest BCUT2D eigenvalue weighted by Gasteiger charge is 2.63. The number of anilines is 1. The molecule has 186 valence electrons. The number of amides is 1. The third-order valence-electron chi connectivity index (χ3n) is 7.17. The lowest BCUT2D eigenvalue weighted by atomic mass is 9.63. The molecular formula is C28H14F3N3O4. The highest BCUT2D eigenvalue weighted by atomic mass is 19.4. The zero-order valence-corrected chi connectivity index (χ0v) is 19.1. The Morgan fingerprint density at radius 1 is 0.816 bits per heavy atom. The van der Waals surface area contributed by atoms with Crippen LogP contribution in [0.5, 0.6) is 5.88 Å². The molecule has 0 radical (unpaired) electrons. The number of aromatic amines is 1. The fraction of sp³-hybridized carbons (Fsp3) is 0.0714. The van der Waals surface area contributed by atoms with Gasteiger partial charge in [0.15, 0.2) is 0 Å². The molecule has 0 fully saturated rings. The monoisotopic (exact) mass is 513 g/mol. The molecule has 38 heavy (non-hydrogen) atoms. The number of carbonyl (C=O) groups excluding carboxylic acids is 3. The predicted octanol–water partition coefficient (Wildman–Crippen LogP) is 4.90. The summed E-state index contributed by atoms with van der Waals surface area (Å²) >= 11 is 0. The molecule has 3 aromatic carbocycles. The van der Waals surface area contributed by atoms with Gasteiger partial charge in [-0.3, -0.25) is 19.5 Å². The Bertz CT molecular complexity index is 1770. The first-order valence-electron chi connectivity index (χ1n) is 11.5. The summed E-state index contributed by atoms with van der Waals surface area (Å²) < 4.78 is 48.2. The van der Waals surface area contributed by atoms with Crippen LogP contribution in [0.3, 0.4) is 0 Å². The fourth-order valence-corrected chi connectivity index (χ4v) is 5.64. The molecule has 0 bridgehead atoms. The number of carbonyl (C=O) groups is 3. The highest BCUT2D eigenvalue weighted by Crippen LogP contribution is 2.59. The molecular weight excluding hydrogens is 499 g/mol. The Labute approximate surface area is 211 Å². The minimum absolute atomic E-state index is 0.0542. The number of nitrogens with zero attached hydrogens (tertiary/aromatic N) is 1. The molecule has 3 aliphatic rings. The summed E-state index contributed by atoms with van der Waals surface area (Å²) in [5.74, 6) is -3.02. The summed E-state index contributed by atoms with van der Waals surface area (Å²) in [6.07, 6.45) is -4.80. The standard InChI is InChI=1S/C28H14F3N3O4/c29-28(30,31)17-12-6-11-16-21(17)32-26(37)27(16)18-20(13-7-2-1-3-8-13)33-34-25(18)38-24-15-10-5-4-9-14(15)22(35)23(36)19(24)27/h1-12H,(H,32,37)(H,33,34). The van der Waals surface area contributed by atoms with E-state index < -0.39 is 40.3 Å². The van der Waals surface area contributed by atoms with Crippen molar-refractivity contribution in [3.8, 4) is 17.1 Å². The molecule has 2 N–H and O–H groups in total. The van der Waals surface area contributed by atoms with Crippen LogP contribution in [0.25, 0.3) is 17.0 Å². The van der Waals surface area contributed by atoms with Gasteiger partial charge in [-0.25, -0.2) is 0 Å². The minimum Gasteiger partial charge on any atom is -0.436 e. The molecule has 1 amide bonds. The Kier molecular flexibility index (Phi) is 4.26. The van der Waals surface area contributed by atoms with Gasteiger partial charge in [-0.05, 0) is 6.07 Å². The summed E-state index contributed by atoms with van der Waals surface area (Å²) in [6, 6.07) is 18.3. The van der Waals surface area contributed by atoms with Crippen LogP contribution >= 0.6 is 0 Å². The molecule has 0 saturated heterocycles. The SMILES string of the molecule is O=C1C(=O)c2ccccc2C2=C1C1(C(=O)Nc3c(C(F)(F)F)cccc31)c1c(n[nH]c1-c1ccccc1)O2. The van der Waals surface area contributed by atoms with E-state index in [9.17, 15) is 27.6 Å². The lowest BCUT2D eigenvalue weighted by Gasteiger charge is -2.37. The number of aromatic nitrogens is 2. The van der Waals surface area contributed by atoms with Crippen molar-refractivity contribution >= 4 is 28.9 Å². The van der Waals surface area contributed by atoms with E-state index in [2.05, 4.69) is 15.5 Å². The normalized spacial score (nSPS) is 19.5. The van der Waals surface area contributed by atoms with E-state index in [4.69, 9.17) is 4.74 Å². The maximum Gasteiger partial charge on any atom is 0.418 e. The number of para-hydroxylation sites is 1. The largest absolute Gasteiger partial charge is 0.436 e. The number of nitrogens with one attached hydrogen (secondary N) is 2. The number of benzene rings is 3. The first-order chi connectivity index (χ1) is 18.2. The average molecular weight is 513 g/mol. The Balaban J connectivity index is 1.65. The van der Waals surface area contributed by atoms with Gasteiger partial charge in [0.1, 0.15) is 11.2 Å². The third kappa shape index (κ3) is 2.63. The van der Waals surface area contributed by atoms with Crippen LogP contribution in [0.4, 0.5) is 18.9 Å². The minimum atomic E-state index is -4.80. The van der Waals surface area contributed by atoms with Crippen LogP contribution in [0.1, 0.15) is 32.6 Å². The van der Waals surface area contributed by atoms with Crippen LogP contribution < -0.4 is 10.1 Å². The lowest BCUT2D eigenvalue weighted by molar-refractivity contribution is -0.136. The third-order valence-corrected chi connectivity index (χ3v) is 7.17. The van der Waals surface area contributed by atoms with Crippen LogP contribution in [0.15, 0.2) is 78.4 Å². The van der Waals surface area contributed by atoms with Gasteiger partial charge < -0.3 is 10.1 Å². The number of rotatable bonds is 1.